The fourth-order valence-corrected chi connectivity index (χ4v) is 2.80. The van der Waals surface area contributed by atoms with Crippen molar-refractivity contribution in [3.05, 3.63) is 0 Å². The average molecular weight is 345 g/mol. The smallest absolute Gasteiger partial charge is 0.133 e. The molecule has 0 saturated carbocycles. The van der Waals surface area contributed by atoms with Crippen molar-refractivity contribution in [1.82, 2.24) is 0 Å². The monoisotopic (exact) mass is 342 g/mol. The highest BCUT2D eigenvalue weighted by Crippen LogP contribution is 2.27. The molecular weight excluding hydrogens is 335 g/mol. The highest BCUT2D eigenvalue weighted by Gasteiger charge is 2.29. The van der Waals surface area contributed by atoms with E-state index in [1.807, 2.05) is 0 Å². The first-order chi connectivity index (χ1) is 5.54. The fraction of sp³-hybridized carbons (Fsp3) is 1.00. The van der Waals surface area contributed by atoms with Gasteiger partial charge in [-0.25, -0.2) is 0 Å². The number of hydrogen-bond donors (Lipinski definition) is 2. The summed E-state index contributed by atoms with van der Waals surface area (Å²) in [5.41, 5.74) is -1.00. The zero-order valence-corrected chi connectivity index (χ0v) is 10.8. The first-order valence-corrected chi connectivity index (χ1v) is 6.12. The van der Waals surface area contributed by atoms with Crippen LogP contribution in [0.4, 0.5) is 0 Å². The summed E-state index contributed by atoms with van der Waals surface area (Å²) in [5.74, 6) is -0.0484. The van der Waals surface area contributed by atoms with E-state index in [0.717, 1.165) is 0 Å². The van der Waals surface area contributed by atoms with Gasteiger partial charge >= 0.3 is 0 Å². The summed E-state index contributed by atoms with van der Waals surface area (Å²) in [4.78, 5) is -0.304. The average Bonchev–Trinajstić information content (AvgIpc) is 2.03. The lowest BCUT2D eigenvalue weighted by atomic mass is 10.1. The lowest BCUT2D eigenvalue weighted by Gasteiger charge is -2.24. The third-order valence-corrected chi connectivity index (χ3v) is 5.03. The molecule has 0 fully saturated rings. The molecule has 6 heteroatoms. The molecule has 0 aromatic carbocycles. The molecule has 0 amide bonds. The molecule has 0 aliphatic carbocycles. The molecule has 0 spiro atoms. The van der Waals surface area contributed by atoms with Gasteiger partial charge in [-0.2, -0.15) is 0 Å². The van der Waals surface area contributed by atoms with E-state index in [9.17, 15) is 0 Å². The molecule has 0 bridgehead atoms. The molecule has 0 aromatic heterocycles. The first kappa shape index (κ1) is 13.5. The Morgan fingerprint density at radius 1 is 1.33 bits per heavy atom. The minimum Gasteiger partial charge on any atom is -0.395 e. The quantitative estimate of drug-likeness (QED) is 0.748. The molecule has 2 nitrogen and oxygen atoms in total. The SMILES string of the molecule is OCC(Br)C(Br)C(CCl)C(O)Cl. The van der Waals surface area contributed by atoms with Crippen molar-refractivity contribution >= 4 is 55.1 Å². The van der Waals surface area contributed by atoms with E-state index in [1.54, 1.807) is 0 Å². The Balaban J connectivity index is 4.10. The maximum absolute atomic E-state index is 9.08. The normalized spacial score (nSPS) is 21.5. The summed E-state index contributed by atoms with van der Waals surface area (Å²) >= 11 is 17.6. The molecular formula is C6H10Br2Cl2O2. The van der Waals surface area contributed by atoms with Gasteiger partial charge in [0, 0.05) is 16.6 Å². The van der Waals surface area contributed by atoms with Gasteiger partial charge in [0.2, 0.25) is 0 Å². The lowest BCUT2D eigenvalue weighted by molar-refractivity contribution is 0.187. The molecule has 74 valence electrons. The van der Waals surface area contributed by atoms with E-state index in [1.165, 1.54) is 0 Å². The number of alkyl halides is 4. The highest BCUT2D eigenvalue weighted by molar-refractivity contribution is 9.12. The Morgan fingerprint density at radius 3 is 2.08 bits per heavy atom. The van der Waals surface area contributed by atoms with Crippen LogP contribution in [0.5, 0.6) is 0 Å². The van der Waals surface area contributed by atoms with E-state index < -0.39 is 5.56 Å². The van der Waals surface area contributed by atoms with E-state index in [-0.39, 0.29) is 28.1 Å². The molecule has 2 N–H and O–H groups in total. The van der Waals surface area contributed by atoms with Gasteiger partial charge in [-0.15, -0.1) is 11.6 Å². The van der Waals surface area contributed by atoms with Gasteiger partial charge in [0.05, 0.1) is 11.4 Å². The van der Waals surface area contributed by atoms with Gasteiger partial charge in [0.1, 0.15) is 5.56 Å². The number of hydrogen-bond acceptors (Lipinski definition) is 2. The second-order valence-electron chi connectivity index (χ2n) is 2.33. The molecule has 0 radical (unpaired) electrons. The number of aliphatic hydroxyl groups excluding tert-OH is 2. The lowest BCUT2D eigenvalue weighted by Crippen LogP contribution is -2.33. The Morgan fingerprint density at radius 2 is 1.83 bits per heavy atom. The Hall–Kier alpha value is 1.46. The van der Waals surface area contributed by atoms with Crippen LogP contribution in [0.25, 0.3) is 0 Å². The van der Waals surface area contributed by atoms with Crippen LogP contribution < -0.4 is 0 Å². The second kappa shape index (κ2) is 6.85. The van der Waals surface area contributed by atoms with E-state index in [0.29, 0.717) is 0 Å². The summed E-state index contributed by atoms with van der Waals surface area (Å²) < 4.78 is 0. The van der Waals surface area contributed by atoms with Gasteiger partial charge in [-0.3, -0.25) is 0 Å². The van der Waals surface area contributed by atoms with Crippen LogP contribution in [0.3, 0.4) is 0 Å². The number of halogens is 4. The van der Waals surface area contributed by atoms with Gasteiger partial charge in [-0.1, -0.05) is 43.5 Å². The third kappa shape index (κ3) is 4.11. The van der Waals surface area contributed by atoms with Gasteiger partial charge in [0.25, 0.3) is 0 Å². The molecule has 4 atom stereocenters. The third-order valence-electron chi connectivity index (χ3n) is 1.46. The van der Waals surface area contributed by atoms with Crippen LogP contribution in [-0.4, -0.2) is 37.9 Å². The molecule has 0 aliphatic heterocycles. The molecule has 0 heterocycles. The van der Waals surface area contributed by atoms with Crippen molar-refractivity contribution < 1.29 is 10.2 Å². The van der Waals surface area contributed by atoms with Crippen molar-refractivity contribution in [2.45, 2.75) is 15.2 Å². The minimum atomic E-state index is -1.00. The van der Waals surface area contributed by atoms with E-state index >= 15 is 0 Å². The van der Waals surface area contributed by atoms with Crippen molar-refractivity contribution in [2.75, 3.05) is 12.5 Å². The minimum absolute atomic E-state index is 0.0348. The summed E-state index contributed by atoms with van der Waals surface area (Å²) in [7, 11) is 0. The van der Waals surface area contributed by atoms with Crippen molar-refractivity contribution in [2.24, 2.45) is 5.92 Å². The van der Waals surface area contributed by atoms with Gasteiger partial charge in [-0.05, 0) is 0 Å². The largest absolute Gasteiger partial charge is 0.395 e. The Bertz CT molecular complexity index is 126. The summed E-state index contributed by atoms with van der Waals surface area (Å²) in [6.45, 7) is -0.0348. The van der Waals surface area contributed by atoms with Gasteiger partial charge in [0.15, 0.2) is 0 Å². The van der Waals surface area contributed by atoms with E-state index in [2.05, 4.69) is 31.9 Å². The van der Waals surface area contributed by atoms with E-state index in [4.69, 9.17) is 33.4 Å². The van der Waals surface area contributed by atoms with Gasteiger partial charge < -0.3 is 10.2 Å². The Labute approximate surface area is 98.5 Å². The predicted octanol–water partition coefficient (Wildman–Crippen LogP) is 1.92. The molecule has 12 heavy (non-hydrogen) atoms. The zero-order valence-electron chi connectivity index (χ0n) is 6.13. The number of rotatable bonds is 5. The molecule has 0 aliphatic rings. The van der Waals surface area contributed by atoms with Crippen molar-refractivity contribution in [1.29, 1.82) is 0 Å². The fourth-order valence-electron chi connectivity index (χ4n) is 0.679. The van der Waals surface area contributed by atoms with Crippen LogP contribution in [0.2, 0.25) is 0 Å². The topological polar surface area (TPSA) is 40.5 Å². The van der Waals surface area contributed by atoms with Crippen molar-refractivity contribution in [3.8, 4) is 0 Å². The summed E-state index contributed by atoms with van der Waals surface area (Å²) in [6, 6.07) is 0. The van der Waals surface area contributed by atoms with Crippen LogP contribution in [0.15, 0.2) is 0 Å². The maximum Gasteiger partial charge on any atom is 0.133 e. The van der Waals surface area contributed by atoms with Crippen LogP contribution in [-0.2, 0) is 0 Å². The van der Waals surface area contributed by atoms with Crippen LogP contribution >= 0.6 is 55.1 Å². The predicted molar refractivity (Wildman–Crippen MR) is 58.6 cm³/mol. The second-order valence-corrected chi connectivity index (χ2v) is 5.32. The molecule has 0 rings (SSSR count). The molecule has 4 unspecified atom stereocenters. The molecule has 0 saturated heterocycles. The zero-order chi connectivity index (χ0) is 9.72. The highest BCUT2D eigenvalue weighted by atomic mass is 79.9. The number of aliphatic hydroxyl groups is 2. The maximum atomic E-state index is 9.08. The van der Waals surface area contributed by atoms with Crippen LogP contribution in [0, 0.1) is 5.92 Å². The summed E-state index contributed by atoms with van der Waals surface area (Å²) in [6.07, 6.45) is 0. The van der Waals surface area contributed by atoms with Crippen molar-refractivity contribution in [3.63, 3.8) is 0 Å². The Kier molecular flexibility index (Phi) is 7.68. The first-order valence-electron chi connectivity index (χ1n) is 3.31. The summed E-state index contributed by atoms with van der Waals surface area (Å²) in [5, 5.41) is 17.9. The standard InChI is InChI=1S/C6H10Br2Cl2O2/c7-4(2-11)5(8)3(1-9)6(10)12/h3-6,11-12H,1-2H2. The van der Waals surface area contributed by atoms with Crippen LogP contribution in [0.1, 0.15) is 0 Å². The molecule has 0 aromatic rings.